The molecule has 0 fully saturated rings. The number of fused-ring (bicyclic) bond motifs is 4. The Hall–Kier alpha value is -3.91. The van der Waals surface area contributed by atoms with Gasteiger partial charge in [0.25, 0.3) is 0 Å². The van der Waals surface area contributed by atoms with Crippen LogP contribution >= 0.6 is 0 Å². The average molecular weight is 429 g/mol. The summed E-state index contributed by atoms with van der Waals surface area (Å²) in [6.45, 7) is 6.58. The third-order valence-electron chi connectivity index (χ3n) is 6.94. The lowest BCUT2D eigenvalue weighted by molar-refractivity contribution is -0.659. The molecule has 2 nitrogen and oxygen atoms in total. The Balaban J connectivity index is 1.65. The SMILES string of the molecule is [2H]c1cccc2c1c1ccccc1n2-c1ccc2c(-c3cc(C)cc(C)c3C)[n+](C)ccc2c1. The zero-order valence-corrected chi connectivity index (χ0v) is 19.5. The molecule has 0 amide bonds. The summed E-state index contributed by atoms with van der Waals surface area (Å²) in [4.78, 5) is 0. The number of aromatic nitrogens is 2. The molecule has 0 aliphatic rings. The van der Waals surface area contributed by atoms with Gasteiger partial charge >= 0.3 is 0 Å². The van der Waals surface area contributed by atoms with Crippen molar-refractivity contribution in [2.45, 2.75) is 20.8 Å². The van der Waals surface area contributed by atoms with Gasteiger partial charge in [-0.05, 0) is 73.7 Å². The molecule has 2 aromatic heterocycles. The van der Waals surface area contributed by atoms with Crippen LogP contribution in [0.15, 0.2) is 91.1 Å². The van der Waals surface area contributed by atoms with E-state index in [4.69, 9.17) is 1.37 Å². The summed E-state index contributed by atoms with van der Waals surface area (Å²) in [5.41, 5.74) is 9.76. The average Bonchev–Trinajstić information content (AvgIpc) is 3.17. The normalized spacial score (nSPS) is 12.1. The molecule has 2 heteroatoms. The molecule has 0 bridgehead atoms. The summed E-state index contributed by atoms with van der Waals surface area (Å²) in [6, 6.07) is 28.4. The number of para-hydroxylation sites is 2. The molecule has 0 aliphatic heterocycles. The second-order valence-electron chi connectivity index (χ2n) is 9.08. The molecule has 0 N–H and O–H groups in total. The van der Waals surface area contributed by atoms with Gasteiger partial charge in [-0.25, -0.2) is 4.57 Å². The summed E-state index contributed by atoms with van der Waals surface area (Å²) in [6.07, 6.45) is 2.16. The van der Waals surface area contributed by atoms with Gasteiger partial charge in [0.2, 0.25) is 5.69 Å². The van der Waals surface area contributed by atoms with Crippen LogP contribution in [-0.4, -0.2) is 4.57 Å². The first kappa shape index (κ1) is 18.6. The van der Waals surface area contributed by atoms with Crippen molar-refractivity contribution in [1.82, 2.24) is 4.57 Å². The lowest BCUT2D eigenvalue weighted by atomic mass is 9.94. The molecule has 2 heterocycles. The van der Waals surface area contributed by atoms with Crippen molar-refractivity contribution in [3.8, 4) is 16.9 Å². The van der Waals surface area contributed by atoms with Gasteiger partial charge in [-0.2, -0.15) is 0 Å². The smallest absolute Gasteiger partial charge is 0.220 e. The fraction of sp³-hybridized carbons (Fsp3) is 0.129. The van der Waals surface area contributed by atoms with Crippen molar-refractivity contribution in [1.29, 1.82) is 0 Å². The number of nitrogens with zero attached hydrogens (tertiary/aromatic N) is 2. The quantitative estimate of drug-likeness (QED) is 0.255. The van der Waals surface area contributed by atoms with Crippen LogP contribution in [0.5, 0.6) is 0 Å². The van der Waals surface area contributed by atoms with E-state index in [1.807, 2.05) is 12.1 Å². The Morgan fingerprint density at radius 2 is 1.52 bits per heavy atom. The molecule has 0 atom stereocenters. The predicted octanol–water partition coefficient (Wildman–Crippen LogP) is 7.35. The maximum Gasteiger partial charge on any atom is 0.220 e. The molecule has 33 heavy (non-hydrogen) atoms. The molecule has 6 rings (SSSR count). The van der Waals surface area contributed by atoms with E-state index in [-0.39, 0.29) is 0 Å². The van der Waals surface area contributed by atoms with Gasteiger partial charge in [-0.1, -0.05) is 48.0 Å². The van der Waals surface area contributed by atoms with Gasteiger partial charge < -0.3 is 4.57 Å². The summed E-state index contributed by atoms with van der Waals surface area (Å²) >= 11 is 0. The molecule has 0 unspecified atom stereocenters. The van der Waals surface area contributed by atoms with Gasteiger partial charge in [0.15, 0.2) is 6.20 Å². The number of benzene rings is 4. The van der Waals surface area contributed by atoms with E-state index in [0.29, 0.717) is 6.04 Å². The first-order valence-corrected chi connectivity index (χ1v) is 11.4. The van der Waals surface area contributed by atoms with Crippen LogP contribution in [0.4, 0.5) is 0 Å². The number of hydrogen-bond donors (Lipinski definition) is 0. The highest BCUT2D eigenvalue weighted by atomic mass is 15.0. The predicted molar refractivity (Wildman–Crippen MR) is 139 cm³/mol. The third-order valence-corrected chi connectivity index (χ3v) is 6.94. The summed E-state index contributed by atoms with van der Waals surface area (Å²) < 4.78 is 13.1. The number of rotatable bonds is 2. The molecule has 160 valence electrons. The maximum absolute atomic E-state index is 8.54. The van der Waals surface area contributed by atoms with E-state index in [1.165, 1.54) is 38.7 Å². The first-order valence-electron chi connectivity index (χ1n) is 11.9. The van der Waals surface area contributed by atoms with Crippen LogP contribution in [0.2, 0.25) is 0 Å². The Bertz CT molecular complexity index is 1760. The van der Waals surface area contributed by atoms with Gasteiger partial charge in [-0.3, -0.25) is 0 Å². The summed E-state index contributed by atoms with van der Waals surface area (Å²) in [5, 5.41) is 4.57. The summed E-state index contributed by atoms with van der Waals surface area (Å²) in [5.74, 6) is 0. The molecule has 4 aromatic carbocycles. The van der Waals surface area contributed by atoms with Crippen LogP contribution in [-0.2, 0) is 7.05 Å². The Morgan fingerprint density at radius 3 is 2.36 bits per heavy atom. The van der Waals surface area contributed by atoms with Crippen LogP contribution in [0.3, 0.4) is 0 Å². The van der Waals surface area contributed by atoms with E-state index >= 15 is 0 Å². The maximum atomic E-state index is 8.54. The van der Waals surface area contributed by atoms with Crippen LogP contribution in [0.25, 0.3) is 49.5 Å². The Morgan fingerprint density at radius 1 is 0.758 bits per heavy atom. The van der Waals surface area contributed by atoms with E-state index in [1.54, 1.807) is 0 Å². The monoisotopic (exact) mass is 428 g/mol. The number of aryl methyl sites for hydroxylation is 3. The van der Waals surface area contributed by atoms with Crippen molar-refractivity contribution in [2.75, 3.05) is 0 Å². The minimum Gasteiger partial charge on any atom is -0.309 e. The highest BCUT2D eigenvalue weighted by Crippen LogP contribution is 2.35. The fourth-order valence-corrected chi connectivity index (χ4v) is 5.24. The molecule has 0 radical (unpaired) electrons. The lowest BCUT2D eigenvalue weighted by Gasteiger charge is -2.13. The summed E-state index contributed by atoms with van der Waals surface area (Å²) in [7, 11) is 2.13. The standard InChI is InChI=1S/C31H27N2/c1-20-17-21(2)22(3)28(18-20)31-25-14-13-24(19-23(25)15-16-32(31)4)33-29-11-7-5-9-26(29)27-10-6-8-12-30(27)33/h5-19H,1-4H3/q+1/i9D. The van der Waals surface area contributed by atoms with E-state index in [2.05, 4.69) is 110 Å². The fourth-order valence-electron chi connectivity index (χ4n) is 5.24. The minimum atomic E-state index is 0.563. The highest BCUT2D eigenvalue weighted by Gasteiger charge is 2.19. The van der Waals surface area contributed by atoms with Crippen molar-refractivity contribution in [3.05, 3.63) is 108 Å². The lowest BCUT2D eigenvalue weighted by Crippen LogP contribution is -2.30. The van der Waals surface area contributed by atoms with Crippen molar-refractivity contribution < 1.29 is 5.94 Å². The van der Waals surface area contributed by atoms with Crippen LogP contribution < -0.4 is 4.57 Å². The first-order chi connectivity index (χ1) is 16.4. The van der Waals surface area contributed by atoms with E-state index < -0.39 is 0 Å². The minimum absolute atomic E-state index is 0.563. The molecule has 0 saturated carbocycles. The number of hydrogen-bond acceptors (Lipinski definition) is 0. The largest absolute Gasteiger partial charge is 0.309 e. The van der Waals surface area contributed by atoms with Crippen LogP contribution in [0.1, 0.15) is 18.1 Å². The number of pyridine rings is 1. The molecule has 6 aromatic rings. The van der Waals surface area contributed by atoms with Crippen molar-refractivity contribution >= 4 is 32.6 Å². The molecule has 0 spiro atoms. The van der Waals surface area contributed by atoms with E-state index in [0.717, 1.165) is 27.5 Å². The Labute approximate surface area is 195 Å². The van der Waals surface area contributed by atoms with Gasteiger partial charge in [0, 0.05) is 22.5 Å². The second-order valence-corrected chi connectivity index (χ2v) is 9.08. The van der Waals surface area contributed by atoms with Crippen molar-refractivity contribution in [3.63, 3.8) is 0 Å². The molecule has 0 saturated heterocycles. The van der Waals surface area contributed by atoms with Crippen LogP contribution in [0, 0.1) is 20.8 Å². The molecule has 0 aliphatic carbocycles. The topological polar surface area (TPSA) is 8.81 Å². The van der Waals surface area contributed by atoms with Gasteiger partial charge in [-0.15, -0.1) is 0 Å². The van der Waals surface area contributed by atoms with E-state index in [9.17, 15) is 0 Å². The van der Waals surface area contributed by atoms with Gasteiger partial charge in [0.05, 0.1) is 23.4 Å². The zero-order valence-electron chi connectivity index (χ0n) is 20.5. The molecular formula is C31H27N2+. The third kappa shape index (κ3) is 2.98. The Kier molecular flexibility index (Phi) is 4.13. The van der Waals surface area contributed by atoms with Gasteiger partial charge in [0.1, 0.15) is 7.05 Å². The molecular weight excluding hydrogens is 400 g/mol. The highest BCUT2D eigenvalue weighted by molar-refractivity contribution is 6.09. The van der Waals surface area contributed by atoms with Crippen molar-refractivity contribution in [2.24, 2.45) is 7.05 Å². The zero-order chi connectivity index (χ0) is 23.6. The second kappa shape index (κ2) is 7.31.